The molecule has 0 aromatic rings. The Kier molecular flexibility index (Phi) is 42.6. The van der Waals surface area contributed by atoms with Crippen molar-refractivity contribution in [2.24, 2.45) is 0 Å². The van der Waals surface area contributed by atoms with Crippen molar-refractivity contribution in [1.82, 2.24) is 0 Å². The molecule has 0 radical (unpaired) electrons. The highest BCUT2D eigenvalue weighted by molar-refractivity contribution is 5.69. The maximum Gasteiger partial charge on any atom is 0.306 e. The predicted octanol–water partition coefficient (Wildman–Crippen LogP) is 14.4. The van der Waals surface area contributed by atoms with Gasteiger partial charge in [-0.25, -0.2) is 0 Å². The molecule has 1 unspecified atom stereocenters. The second-order valence-corrected chi connectivity index (χ2v) is 14.4. The van der Waals surface area contributed by atoms with Gasteiger partial charge in [0.15, 0.2) is 0 Å². The van der Waals surface area contributed by atoms with Crippen LogP contribution in [-0.2, 0) is 14.3 Å². The second-order valence-electron chi connectivity index (χ2n) is 14.4. The Balaban J connectivity index is 3.41. The van der Waals surface area contributed by atoms with Gasteiger partial charge in [0.1, 0.15) is 6.10 Å². The van der Waals surface area contributed by atoms with E-state index in [0.29, 0.717) is 19.6 Å². The van der Waals surface area contributed by atoms with Crippen LogP contribution in [0, 0.1) is 0 Å². The van der Waals surface area contributed by atoms with Gasteiger partial charge in [0.05, 0.1) is 13.2 Å². The van der Waals surface area contributed by atoms with Gasteiger partial charge in [-0.3, -0.25) is 4.79 Å². The molecule has 1 atom stereocenters. The molecule has 0 aliphatic rings. The van der Waals surface area contributed by atoms with Crippen LogP contribution < -0.4 is 0 Å². The highest BCUT2D eigenvalue weighted by Gasteiger charge is 2.13. The molecule has 1 N–H and O–H groups in total. The molecule has 0 heterocycles. The predicted molar refractivity (Wildman–Crippen MR) is 223 cm³/mol. The molecule has 0 aromatic heterocycles. The standard InChI is InChI=1S/C47H84O4/c1-3-5-7-9-11-13-15-17-18-19-20-21-22-23-24-25-26-27-28-29-31-33-35-37-39-41-43-50-45-46(44-48)51-47(49)42-40-38-36-34-32-30-16-14-12-10-8-6-4-2/h5,7,11,13-14,16-18,20-21,46,48H,3-4,6,8-10,12,15,19,22-45H2,1-2H3/b7-5-,13-11-,16-14-,18-17-,21-20-. The fourth-order valence-electron chi connectivity index (χ4n) is 6.08. The zero-order valence-electron chi connectivity index (χ0n) is 33.9. The maximum absolute atomic E-state index is 12.2. The van der Waals surface area contributed by atoms with Crippen LogP contribution in [0.25, 0.3) is 0 Å². The highest BCUT2D eigenvalue weighted by Crippen LogP contribution is 2.14. The number of aliphatic hydroxyl groups excluding tert-OH is 1. The van der Waals surface area contributed by atoms with Gasteiger partial charge in [-0.05, 0) is 77.0 Å². The van der Waals surface area contributed by atoms with Crippen LogP contribution in [0.15, 0.2) is 60.8 Å². The smallest absolute Gasteiger partial charge is 0.306 e. The Labute approximate surface area is 317 Å². The number of ether oxygens (including phenoxy) is 2. The largest absolute Gasteiger partial charge is 0.457 e. The van der Waals surface area contributed by atoms with Crippen molar-refractivity contribution in [3.63, 3.8) is 0 Å². The molecule has 0 aromatic carbocycles. The summed E-state index contributed by atoms with van der Waals surface area (Å²) < 4.78 is 11.2. The first kappa shape index (κ1) is 49.1. The quantitative estimate of drug-likeness (QED) is 0.0390. The number of carbonyl (C=O) groups is 1. The fourth-order valence-corrected chi connectivity index (χ4v) is 6.08. The monoisotopic (exact) mass is 713 g/mol. The van der Waals surface area contributed by atoms with E-state index in [2.05, 4.69) is 74.6 Å². The van der Waals surface area contributed by atoms with Gasteiger partial charge in [-0.2, -0.15) is 0 Å². The van der Waals surface area contributed by atoms with Crippen molar-refractivity contribution in [2.75, 3.05) is 19.8 Å². The normalized spacial score (nSPS) is 12.9. The molecule has 0 aliphatic carbocycles. The van der Waals surface area contributed by atoms with Crippen molar-refractivity contribution < 1.29 is 19.4 Å². The first-order valence-corrected chi connectivity index (χ1v) is 21.9. The summed E-state index contributed by atoms with van der Waals surface area (Å²) in [6.07, 6.45) is 58.6. The summed E-state index contributed by atoms with van der Waals surface area (Å²) in [6.45, 7) is 5.21. The Morgan fingerprint density at radius 3 is 1.35 bits per heavy atom. The summed E-state index contributed by atoms with van der Waals surface area (Å²) in [5.74, 6) is -0.211. The van der Waals surface area contributed by atoms with E-state index < -0.39 is 6.10 Å². The lowest BCUT2D eigenvalue weighted by molar-refractivity contribution is -0.154. The van der Waals surface area contributed by atoms with E-state index >= 15 is 0 Å². The van der Waals surface area contributed by atoms with Gasteiger partial charge in [-0.1, -0.05) is 184 Å². The number of esters is 1. The molecule has 296 valence electrons. The number of hydrogen-bond acceptors (Lipinski definition) is 4. The Bertz CT molecular complexity index is 839. The van der Waals surface area contributed by atoms with Crippen molar-refractivity contribution >= 4 is 5.97 Å². The summed E-state index contributed by atoms with van der Waals surface area (Å²) in [5.41, 5.74) is 0. The van der Waals surface area contributed by atoms with Gasteiger partial charge in [0.25, 0.3) is 0 Å². The lowest BCUT2D eigenvalue weighted by atomic mass is 10.0. The minimum Gasteiger partial charge on any atom is -0.457 e. The zero-order valence-corrected chi connectivity index (χ0v) is 33.9. The van der Waals surface area contributed by atoms with Crippen LogP contribution in [0.1, 0.15) is 206 Å². The van der Waals surface area contributed by atoms with E-state index in [4.69, 9.17) is 9.47 Å². The van der Waals surface area contributed by atoms with Gasteiger partial charge < -0.3 is 14.6 Å². The van der Waals surface area contributed by atoms with Crippen LogP contribution >= 0.6 is 0 Å². The van der Waals surface area contributed by atoms with Gasteiger partial charge in [0, 0.05) is 13.0 Å². The molecule has 0 spiro atoms. The first-order chi connectivity index (χ1) is 25.2. The van der Waals surface area contributed by atoms with Crippen molar-refractivity contribution in [2.45, 2.75) is 213 Å². The van der Waals surface area contributed by atoms with Crippen LogP contribution in [0.4, 0.5) is 0 Å². The van der Waals surface area contributed by atoms with Crippen molar-refractivity contribution in [3.05, 3.63) is 60.8 Å². The minimum absolute atomic E-state index is 0.176. The summed E-state index contributed by atoms with van der Waals surface area (Å²) in [7, 11) is 0. The Morgan fingerprint density at radius 2 is 0.882 bits per heavy atom. The number of rotatable bonds is 40. The van der Waals surface area contributed by atoms with Crippen molar-refractivity contribution in [1.29, 1.82) is 0 Å². The third-order valence-electron chi connectivity index (χ3n) is 9.33. The lowest BCUT2D eigenvalue weighted by Crippen LogP contribution is -2.27. The molecule has 0 saturated heterocycles. The van der Waals surface area contributed by atoms with Crippen LogP contribution in [0.5, 0.6) is 0 Å². The lowest BCUT2D eigenvalue weighted by Gasteiger charge is -2.15. The number of aliphatic hydroxyl groups is 1. The van der Waals surface area contributed by atoms with E-state index in [9.17, 15) is 9.90 Å². The molecule has 4 heteroatoms. The number of unbranched alkanes of at least 4 members (excludes halogenated alkanes) is 22. The molecular formula is C47H84O4. The number of carbonyl (C=O) groups excluding carboxylic acids is 1. The van der Waals surface area contributed by atoms with E-state index in [0.717, 1.165) is 44.9 Å². The van der Waals surface area contributed by atoms with Gasteiger partial charge in [-0.15, -0.1) is 0 Å². The number of allylic oxidation sites excluding steroid dienone is 10. The highest BCUT2D eigenvalue weighted by atomic mass is 16.6. The molecule has 0 bridgehead atoms. The summed E-state index contributed by atoms with van der Waals surface area (Å²) in [5, 5.41) is 9.59. The van der Waals surface area contributed by atoms with Gasteiger partial charge >= 0.3 is 5.97 Å². The second kappa shape index (κ2) is 44.3. The first-order valence-electron chi connectivity index (χ1n) is 21.9. The topological polar surface area (TPSA) is 55.8 Å². The minimum atomic E-state index is -0.539. The molecule has 0 amide bonds. The molecule has 51 heavy (non-hydrogen) atoms. The zero-order chi connectivity index (χ0) is 37.0. The van der Waals surface area contributed by atoms with E-state index in [1.165, 1.54) is 141 Å². The summed E-state index contributed by atoms with van der Waals surface area (Å²) >= 11 is 0. The average molecular weight is 713 g/mol. The van der Waals surface area contributed by atoms with E-state index in [-0.39, 0.29) is 12.6 Å². The number of hydrogen-bond donors (Lipinski definition) is 1. The summed E-state index contributed by atoms with van der Waals surface area (Å²) in [4.78, 5) is 12.2. The molecular weight excluding hydrogens is 629 g/mol. The molecule has 0 fully saturated rings. The fraction of sp³-hybridized carbons (Fsp3) is 0.766. The Morgan fingerprint density at radius 1 is 0.490 bits per heavy atom. The summed E-state index contributed by atoms with van der Waals surface area (Å²) in [6, 6.07) is 0. The maximum atomic E-state index is 12.2. The third-order valence-corrected chi connectivity index (χ3v) is 9.33. The van der Waals surface area contributed by atoms with E-state index in [1.807, 2.05) is 0 Å². The molecule has 4 nitrogen and oxygen atoms in total. The molecule has 0 aliphatic heterocycles. The SMILES string of the molecule is CC/C=C\C/C=C\C/C=C\C/C=C\CCCCCCCCCCCCCCCOCC(CO)OC(=O)CCCCCCC/C=C\CCCCCC. The molecule has 0 saturated carbocycles. The third kappa shape index (κ3) is 42.4. The van der Waals surface area contributed by atoms with Crippen LogP contribution in [-0.4, -0.2) is 37.0 Å². The van der Waals surface area contributed by atoms with Gasteiger partial charge in [0.2, 0.25) is 0 Å². The van der Waals surface area contributed by atoms with Crippen LogP contribution in [0.3, 0.4) is 0 Å². The molecule has 0 rings (SSSR count). The van der Waals surface area contributed by atoms with E-state index in [1.54, 1.807) is 0 Å². The van der Waals surface area contributed by atoms with Crippen molar-refractivity contribution in [3.8, 4) is 0 Å². The van der Waals surface area contributed by atoms with Crippen LogP contribution in [0.2, 0.25) is 0 Å². The Hall–Kier alpha value is -1.91. The average Bonchev–Trinajstić information content (AvgIpc) is 3.14.